The molecule has 1 fully saturated rings. The highest BCUT2D eigenvalue weighted by Gasteiger charge is 2.28. The number of hydrogen-bond donors (Lipinski definition) is 1. The first-order chi connectivity index (χ1) is 7.66. The van der Waals surface area contributed by atoms with E-state index in [0.29, 0.717) is 12.3 Å². The molecule has 0 spiro atoms. The molecule has 0 aliphatic carbocycles. The lowest BCUT2D eigenvalue weighted by atomic mass is 9.96. The molecule has 4 heteroatoms. The molecule has 1 heterocycles. The Morgan fingerprint density at radius 2 is 2.12 bits per heavy atom. The topological polar surface area (TPSA) is 46.3 Å². The molecule has 102 valence electrons. The predicted octanol–water partition coefficient (Wildman–Crippen LogP) is 2.72. The molecule has 0 saturated carbocycles. The summed E-state index contributed by atoms with van der Waals surface area (Å²) in [6, 6.07) is 0.387. The van der Waals surface area contributed by atoms with Gasteiger partial charge in [0.2, 0.25) is 5.91 Å². The number of nitrogens with zero attached hydrogens (tertiary/aromatic N) is 1. The van der Waals surface area contributed by atoms with E-state index in [4.69, 9.17) is 5.73 Å². The van der Waals surface area contributed by atoms with Crippen LogP contribution in [0.3, 0.4) is 0 Å². The van der Waals surface area contributed by atoms with Gasteiger partial charge in [-0.1, -0.05) is 19.8 Å². The monoisotopic (exact) mass is 262 g/mol. The molecule has 2 N–H and O–H groups in total. The summed E-state index contributed by atoms with van der Waals surface area (Å²) in [5, 5.41) is 0. The quantitative estimate of drug-likeness (QED) is 0.775. The van der Waals surface area contributed by atoms with Crippen LogP contribution in [-0.4, -0.2) is 29.4 Å². The minimum atomic E-state index is 0. The Morgan fingerprint density at radius 1 is 1.41 bits per heavy atom. The van der Waals surface area contributed by atoms with Crippen LogP contribution in [0, 0.1) is 0 Å². The summed E-state index contributed by atoms with van der Waals surface area (Å²) in [5.74, 6) is 0.315. The Morgan fingerprint density at radius 3 is 2.71 bits per heavy atom. The minimum Gasteiger partial charge on any atom is -0.338 e. The van der Waals surface area contributed by atoms with Crippen LogP contribution in [0.5, 0.6) is 0 Å². The first-order valence-electron chi connectivity index (χ1n) is 6.72. The first kappa shape index (κ1) is 16.7. The molecule has 2 unspecified atom stereocenters. The maximum atomic E-state index is 12.1. The van der Waals surface area contributed by atoms with Crippen molar-refractivity contribution >= 4 is 18.3 Å². The van der Waals surface area contributed by atoms with Crippen LogP contribution in [0.15, 0.2) is 0 Å². The summed E-state index contributed by atoms with van der Waals surface area (Å²) in [4.78, 5) is 14.1. The highest BCUT2D eigenvalue weighted by molar-refractivity contribution is 5.85. The van der Waals surface area contributed by atoms with Crippen molar-refractivity contribution in [3.63, 3.8) is 0 Å². The molecule has 1 saturated heterocycles. The van der Waals surface area contributed by atoms with Crippen molar-refractivity contribution in [3.05, 3.63) is 0 Å². The molecule has 0 aromatic carbocycles. The largest absolute Gasteiger partial charge is 0.338 e. The number of rotatable bonds is 5. The van der Waals surface area contributed by atoms with Crippen LogP contribution >= 0.6 is 12.4 Å². The van der Waals surface area contributed by atoms with E-state index < -0.39 is 0 Å². The maximum absolute atomic E-state index is 12.1. The fourth-order valence-electron chi connectivity index (χ4n) is 2.48. The van der Waals surface area contributed by atoms with Crippen LogP contribution in [0.25, 0.3) is 0 Å². The number of likely N-dealkylation sites (tertiary alicyclic amines) is 1. The second kappa shape index (κ2) is 8.76. The highest BCUT2D eigenvalue weighted by Crippen LogP contribution is 2.20. The van der Waals surface area contributed by atoms with Gasteiger partial charge in [0.15, 0.2) is 0 Å². The second-order valence-corrected chi connectivity index (χ2v) is 4.97. The molecule has 1 rings (SSSR count). The van der Waals surface area contributed by atoms with Crippen molar-refractivity contribution in [2.45, 2.75) is 70.9 Å². The number of carbonyl (C=O) groups is 1. The third kappa shape index (κ3) is 5.26. The van der Waals surface area contributed by atoms with Gasteiger partial charge in [0, 0.05) is 25.0 Å². The van der Waals surface area contributed by atoms with Crippen molar-refractivity contribution < 1.29 is 4.79 Å². The van der Waals surface area contributed by atoms with Crippen LogP contribution in [0.2, 0.25) is 0 Å². The van der Waals surface area contributed by atoms with E-state index in [1.807, 2.05) is 11.8 Å². The van der Waals surface area contributed by atoms with Crippen LogP contribution in [-0.2, 0) is 4.79 Å². The van der Waals surface area contributed by atoms with Gasteiger partial charge in [0.25, 0.3) is 0 Å². The zero-order chi connectivity index (χ0) is 12.0. The molecule has 1 aliphatic heterocycles. The molecule has 1 aliphatic rings. The standard InChI is InChI=1S/C13H26N2O.ClH/c1-3-4-5-9-13(16)15-10-7-6-8-12(15)11(2)14;/h11-12H,3-10,14H2,1-2H3;1H. The van der Waals surface area contributed by atoms with Crippen LogP contribution in [0.1, 0.15) is 58.8 Å². The van der Waals surface area contributed by atoms with E-state index in [0.717, 1.165) is 32.2 Å². The molecule has 0 aromatic heterocycles. The number of halogens is 1. The number of unbranched alkanes of at least 4 members (excludes halogenated alkanes) is 2. The summed E-state index contributed by atoms with van der Waals surface area (Å²) in [7, 11) is 0. The van der Waals surface area contributed by atoms with Crippen molar-refractivity contribution in [2.75, 3.05) is 6.54 Å². The van der Waals surface area contributed by atoms with E-state index >= 15 is 0 Å². The van der Waals surface area contributed by atoms with Crippen LogP contribution in [0.4, 0.5) is 0 Å². The van der Waals surface area contributed by atoms with Crippen molar-refractivity contribution in [1.29, 1.82) is 0 Å². The van der Waals surface area contributed by atoms with Gasteiger partial charge in [-0.15, -0.1) is 12.4 Å². The van der Waals surface area contributed by atoms with E-state index in [1.54, 1.807) is 0 Å². The van der Waals surface area contributed by atoms with Gasteiger partial charge in [-0.2, -0.15) is 0 Å². The lowest BCUT2D eigenvalue weighted by Gasteiger charge is -2.38. The van der Waals surface area contributed by atoms with E-state index in [2.05, 4.69) is 6.92 Å². The molecule has 2 atom stereocenters. The summed E-state index contributed by atoms with van der Waals surface area (Å²) in [5.41, 5.74) is 5.96. The lowest BCUT2D eigenvalue weighted by Crippen LogP contribution is -2.51. The number of nitrogens with two attached hydrogens (primary N) is 1. The van der Waals surface area contributed by atoms with Gasteiger partial charge in [-0.25, -0.2) is 0 Å². The Bertz CT molecular complexity index is 221. The number of carbonyl (C=O) groups excluding carboxylic acids is 1. The summed E-state index contributed by atoms with van der Waals surface area (Å²) < 4.78 is 0. The average Bonchev–Trinajstić information content (AvgIpc) is 2.29. The minimum absolute atomic E-state index is 0. The van der Waals surface area contributed by atoms with Gasteiger partial charge in [-0.05, 0) is 32.6 Å². The number of hydrogen-bond acceptors (Lipinski definition) is 2. The zero-order valence-corrected chi connectivity index (χ0v) is 12.0. The van der Waals surface area contributed by atoms with E-state index in [9.17, 15) is 4.79 Å². The van der Waals surface area contributed by atoms with Gasteiger partial charge in [0.1, 0.15) is 0 Å². The molecule has 0 aromatic rings. The Kier molecular flexibility index (Phi) is 8.61. The second-order valence-electron chi connectivity index (χ2n) is 4.97. The van der Waals surface area contributed by atoms with Gasteiger partial charge in [-0.3, -0.25) is 4.79 Å². The smallest absolute Gasteiger partial charge is 0.222 e. The van der Waals surface area contributed by atoms with Crippen molar-refractivity contribution in [1.82, 2.24) is 4.90 Å². The van der Waals surface area contributed by atoms with Gasteiger partial charge in [0.05, 0.1) is 0 Å². The van der Waals surface area contributed by atoms with Crippen LogP contribution < -0.4 is 5.73 Å². The maximum Gasteiger partial charge on any atom is 0.222 e. The lowest BCUT2D eigenvalue weighted by molar-refractivity contribution is -0.135. The summed E-state index contributed by atoms with van der Waals surface area (Å²) in [6.07, 6.45) is 7.49. The average molecular weight is 263 g/mol. The predicted molar refractivity (Wildman–Crippen MR) is 74.4 cm³/mol. The zero-order valence-electron chi connectivity index (χ0n) is 11.2. The normalized spacial score (nSPS) is 21.8. The Hall–Kier alpha value is -0.280. The first-order valence-corrected chi connectivity index (χ1v) is 6.72. The fraction of sp³-hybridized carbons (Fsp3) is 0.923. The molecular formula is C13H27ClN2O. The fourth-order valence-corrected chi connectivity index (χ4v) is 2.48. The number of amides is 1. The Balaban J connectivity index is 0.00000256. The van der Waals surface area contributed by atoms with E-state index in [1.165, 1.54) is 12.8 Å². The Labute approximate surface area is 112 Å². The third-order valence-corrected chi connectivity index (χ3v) is 3.47. The third-order valence-electron chi connectivity index (χ3n) is 3.47. The summed E-state index contributed by atoms with van der Waals surface area (Å²) in [6.45, 7) is 5.09. The molecular weight excluding hydrogens is 236 g/mol. The van der Waals surface area contributed by atoms with Crippen molar-refractivity contribution in [3.8, 4) is 0 Å². The summed E-state index contributed by atoms with van der Waals surface area (Å²) >= 11 is 0. The highest BCUT2D eigenvalue weighted by atomic mass is 35.5. The van der Waals surface area contributed by atoms with E-state index in [-0.39, 0.29) is 24.5 Å². The number of piperidine rings is 1. The van der Waals surface area contributed by atoms with Gasteiger partial charge < -0.3 is 10.6 Å². The van der Waals surface area contributed by atoms with Crippen molar-refractivity contribution in [2.24, 2.45) is 5.73 Å². The molecule has 0 radical (unpaired) electrons. The SMILES string of the molecule is CCCCCC(=O)N1CCCCC1C(C)N.Cl. The molecule has 0 bridgehead atoms. The molecule has 1 amide bonds. The van der Waals surface area contributed by atoms with Gasteiger partial charge >= 0.3 is 0 Å². The molecule has 17 heavy (non-hydrogen) atoms. The molecule has 3 nitrogen and oxygen atoms in total.